The Labute approximate surface area is 424 Å². The Morgan fingerprint density at radius 3 is 1.73 bits per heavy atom. The first-order valence-electron chi connectivity index (χ1n) is 26.6. The Morgan fingerprint density at radius 1 is 0.493 bits per heavy atom. The van der Waals surface area contributed by atoms with Gasteiger partial charge in [-0.3, -0.25) is 0 Å². The van der Waals surface area contributed by atoms with Crippen molar-refractivity contribution in [3.05, 3.63) is 160 Å². The molecule has 0 spiro atoms. The molecule has 8 aromatic rings. The van der Waals surface area contributed by atoms with Crippen LogP contribution in [0.2, 0.25) is 0 Å². The van der Waals surface area contributed by atoms with Gasteiger partial charge in [-0.05, 0) is 192 Å². The van der Waals surface area contributed by atoms with Gasteiger partial charge in [-0.15, -0.1) is 0 Å². The van der Waals surface area contributed by atoms with Gasteiger partial charge in [-0.1, -0.05) is 158 Å². The molecule has 4 heteroatoms. The van der Waals surface area contributed by atoms with Gasteiger partial charge in [0.2, 0.25) is 0 Å². The zero-order valence-electron chi connectivity index (χ0n) is 45.3. The standard InChI is InChI=1S/C67H73BN2O/c1-40-32-56-59-57(33-40)70(54-39-52-51(66(12,13)30-31-67(52,14)15)38-47(54)43-21-20-41-18-16-17-19-42(41)34-43)55-36-45(63(5,6)7)22-26-53(55)68(59)61-60(48-35-44(62(2,3)4)23-27-58(48)71-61)69(56)46-24-25-49-50(37-46)65(10,11)29-28-64(49,8)9/h16-27,32-39H,28-31H2,1-15H3. The third kappa shape index (κ3) is 7.04. The molecule has 0 radical (unpaired) electrons. The maximum atomic E-state index is 7.47. The molecule has 0 fully saturated rings. The number of hydrogen-bond acceptors (Lipinski definition) is 3. The van der Waals surface area contributed by atoms with Crippen molar-refractivity contribution in [1.29, 1.82) is 0 Å². The van der Waals surface area contributed by atoms with E-state index in [1.807, 2.05) is 0 Å². The van der Waals surface area contributed by atoms with E-state index in [1.165, 1.54) is 118 Å². The first kappa shape index (κ1) is 46.1. The molecule has 0 saturated carbocycles. The Kier molecular flexibility index (Phi) is 9.76. The summed E-state index contributed by atoms with van der Waals surface area (Å²) in [5.74, 6) is 0. The summed E-state index contributed by atoms with van der Waals surface area (Å²) >= 11 is 0. The van der Waals surface area contributed by atoms with Crippen LogP contribution in [0.15, 0.2) is 126 Å². The SMILES string of the molecule is Cc1cc2c3c(c1)N(c1ccc4c(c1)C(C)(C)CCC4(C)C)c1c(oc4ccc(C(C)(C)C)cc14)B3c1ccc(C(C)(C)C)cc1N2c1cc2c(cc1-c1ccc3ccccc3c1)C(C)(C)CCC2(C)C. The van der Waals surface area contributed by atoms with Crippen molar-refractivity contribution in [3.8, 4) is 11.1 Å². The number of hydrogen-bond donors (Lipinski definition) is 0. The van der Waals surface area contributed by atoms with Crippen molar-refractivity contribution in [3.63, 3.8) is 0 Å². The maximum absolute atomic E-state index is 7.47. The molecule has 71 heavy (non-hydrogen) atoms. The lowest BCUT2D eigenvalue weighted by molar-refractivity contribution is 0.332. The molecule has 0 saturated heterocycles. The number of rotatable bonds is 3. The van der Waals surface area contributed by atoms with E-state index in [1.54, 1.807) is 0 Å². The van der Waals surface area contributed by atoms with E-state index in [2.05, 4.69) is 235 Å². The average molecular weight is 933 g/mol. The molecule has 7 aromatic carbocycles. The first-order chi connectivity index (χ1) is 33.3. The van der Waals surface area contributed by atoms with E-state index in [9.17, 15) is 0 Å². The fraction of sp³-hybridized carbons (Fsp3) is 0.373. The van der Waals surface area contributed by atoms with Crippen molar-refractivity contribution >= 4 is 79.2 Å². The lowest BCUT2D eigenvalue weighted by Gasteiger charge is -2.46. The summed E-state index contributed by atoms with van der Waals surface area (Å²) in [6.45, 7) is 35.9. The second-order valence-electron chi connectivity index (χ2n) is 26.9. The zero-order chi connectivity index (χ0) is 50.1. The van der Waals surface area contributed by atoms with Crippen molar-refractivity contribution < 1.29 is 4.42 Å². The highest BCUT2D eigenvalue weighted by atomic mass is 16.3. The molecule has 0 atom stereocenters. The van der Waals surface area contributed by atoms with Crippen LogP contribution < -0.4 is 26.4 Å². The molecule has 3 heterocycles. The average Bonchev–Trinajstić information content (AvgIpc) is 3.69. The van der Waals surface area contributed by atoms with Crippen molar-refractivity contribution in [2.45, 2.75) is 162 Å². The van der Waals surface area contributed by atoms with E-state index in [-0.39, 0.29) is 39.2 Å². The highest BCUT2D eigenvalue weighted by Gasteiger charge is 2.49. The molecular weight excluding hydrogens is 860 g/mol. The first-order valence-corrected chi connectivity index (χ1v) is 26.6. The second-order valence-corrected chi connectivity index (χ2v) is 26.9. The molecule has 2 aliphatic carbocycles. The van der Waals surface area contributed by atoms with E-state index in [0.29, 0.717) is 0 Å². The van der Waals surface area contributed by atoms with Crippen LogP contribution in [-0.2, 0) is 32.5 Å². The van der Waals surface area contributed by atoms with Gasteiger partial charge in [0.05, 0.1) is 17.0 Å². The molecule has 0 bridgehead atoms. The van der Waals surface area contributed by atoms with Gasteiger partial charge in [-0.25, -0.2) is 0 Å². The van der Waals surface area contributed by atoms with Crippen LogP contribution in [0.1, 0.15) is 162 Å². The number of nitrogens with zero attached hydrogens (tertiary/aromatic N) is 2. The molecule has 360 valence electrons. The minimum Gasteiger partial charge on any atom is -0.468 e. The number of fused-ring (bicyclic) bond motifs is 9. The Hall–Kier alpha value is -6.00. The number of furan rings is 1. The fourth-order valence-corrected chi connectivity index (χ4v) is 13.2. The molecule has 0 unspecified atom stereocenters. The van der Waals surface area contributed by atoms with Crippen LogP contribution in [0, 0.1) is 6.92 Å². The normalized spacial score (nSPS) is 18.2. The zero-order valence-corrected chi connectivity index (χ0v) is 45.3. The smallest absolute Gasteiger partial charge is 0.297 e. The lowest BCUT2D eigenvalue weighted by Crippen LogP contribution is -2.61. The predicted octanol–water partition coefficient (Wildman–Crippen LogP) is 16.9. The second kappa shape index (κ2) is 15.0. The quantitative estimate of drug-likeness (QED) is 0.165. The highest BCUT2D eigenvalue weighted by molar-refractivity contribution is 7.00. The van der Waals surface area contributed by atoms with Gasteiger partial charge >= 0.3 is 0 Å². The summed E-state index contributed by atoms with van der Waals surface area (Å²) in [5, 5.41) is 3.69. The van der Waals surface area contributed by atoms with Gasteiger partial charge in [0.1, 0.15) is 5.58 Å². The van der Waals surface area contributed by atoms with Gasteiger partial charge in [0.25, 0.3) is 6.71 Å². The minimum atomic E-state index is -0.136. The van der Waals surface area contributed by atoms with Crippen LogP contribution in [0.5, 0.6) is 0 Å². The number of benzene rings is 7. The third-order valence-corrected chi connectivity index (χ3v) is 17.9. The molecule has 2 aliphatic heterocycles. The van der Waals surface area contributed by atoms with E-state index in [0.717, 1.165) is 30.5 Å². The van der Waals surface area contributed by atoms with Gasteiger partial charge < -0.3 is 14.2 Å². The molecule has 1 aromatic heterocycles. The largest absolute Gasteiger partial charge is 0.468 e. The Bertz CT molecular complexity index is 3550. The van der Waals surface area contributed by atoms with Gasteiger partial charge in [-0.2, -0.15) is 0 Å². The monoisotopic (exact) mass is 933 g/mol. The predicted molar refractivity (Wildman–Crippen MR) is 306 cm³/mol. The summed E-state index contributed by atoms with van der Waals surface area (Å²) in [6, 6.07) is 47.9. The van der Waals surface area contributed by atoms with E-state index < -0.39 is 0 Å². The fourth-order valence-electron chi connectivity index (χ4n) is 13.2. The van der Waals surface area contributed by atoms with Crippen LogP contribution in [0.3, 0.4) is 0 Å². The topological polar surface area (TPSA) is 19.6 Å². The highest BCUT2D eigenvalue weighted by Crippen LogP contribution is 2.55. The Balaban J connectivity index is 1.21. The van der Waals surface area contributed by atoms with Crippen LogP contribution in [0.25, 0.3) is 32.9 Å². The molecular formula is C67H73BN2O. The van der Waals surface area contributed by atoms with Crippen LogP contribution in [-0.4, -0.2) is 6.71 Å². The van der Waals surface area contributed by atoms with Gasteiger partial charge in [0, 0.05) is 33.7 Å². The summed E-state index contributed by atoms with van der Waals surface area (Å²) in [7, 11) is 0. The van der Waals surface area contributed by atoms with Crippen LogP contribution in [0.4, 0.5) is 34.1 Å². The summed E-state index contributed by atoms with van der Waals surface area (Å²) in [4.78, 5) is 5.31. The van der Waals surface area contributed by atoms with Crippen molar-refractivity contribution in [2.75, 3.05) is 9.80 Å². The van der Waals surface area contributed by atoms with Crippen LogP contribution >= 0.6 is 0 Å². The lowest BCUT2D eigenvalue weighted by atomic mass is 9.35. The summed E-state index contributed by atoms with van der Waals surface area (Å²) < 4.78 is 7.47. The number of anilines is 6. The molecule has 4 aliphatic rings. The molecule has 0 amide bonds. The van der Waals surface area contributed by atoms with Crippen molar-refractivity contribution in [2.24, 2.45) is 0 Å². The van der Waals surface area contributed by atoms with E-state index >= 15 is 0 Å². The van der Waals surface area contributed by atoms with E-state index in [4.69, 9.17) is 4.42 Å². The molecule has 12 rings (SSSR count). The maximum Gasteiger partial charge on any atom is 0.297 e. The number of aryl methyl sites for hydroxylation is 1. The summed E-state index contributed by atoms with van der Waals surface area (Å²) in [6.07, 6.45) is 4.63. The molecule has 3 nitrogen and oxygen atoms in total. The summed E-state index contributed by atoms with van der Waals surface area (Å²) in [5.41, 5.74) is 24.1. The third-order valence-electron chi connectivity index (χ3n) is 17.9. The van der Waals surface area contributed by atoms with Gasteiger partial charge in [0.15, 0.2) is 0 Å². The van der Waals surface area contributed by atoms with Crippen molar-refractivity contribution in [1.82, 2.24) is 0 Å². The minimum absolute atomic E-state index is 0.00261. The Morgan fingerprint density at radius 2 is 1.07 bits per heavy atom. The molecule has 0 N–H and O–H groups in total.